The van der Waals surface area contributed by atoms with E-state index in [0.717, 1.165) is 36.8 Å². The second kappa shape index (κ2) is 4.61. The van der Waals surface area contributed by atoms with Gasteiger partial charge in [0, 0.05) is 9.14 Å². The molecule has 0 aromatic rings. The van der Waals surface area contributed by atoms with Crippen LogP contribution in [0, 0.1) is 28.6 Å². The van der Waals surface area contributed by atoms with E-state index in [0.29, 0.717) is 24.7 Å². The minimum Gasteiger partial charge on any atom is -0.512 e. The molecule has 4 aliphatic rings. The number of aliphatic hydroxyl groups excluding tert-OH is 1. The lowest BCUT2D eigenvalue weighted by molar-refractivity contribution is -0.0278. The second-order valence-electron chi connectivity index (χ2n) is 8.57. The Morgan fingerprint density at radius 1 is 1.32 bits per heavy atom. The minimum absolute atomic E-state index is 0.130. The van der Waals surface area contributed by atoms with Crippen molar-refractivity contribution in [3.8, 4) is 0 Å². The third-order valence-electron chi connectivity index (χ3n) is 7.40. The number of aliphatic hydroxyl groups is 1. The van der Waals surface area contributed by atoms with Gasteiger partial charge in [-0.05, 0) is 84.7 Å². The Balaban J connectivity index is 1.76. The number of hydrogen-bond acceptors (Lipinski definition) is 1. The first kappa shape index (κ1) is 12.6. The summed E-state index contributed by atoms with van der Waals surface area (Å²) in [5, 5.41) is 10.6. The topological polar surface area (TPSA) is 20.2 Å². The second-order valence-corrected chi connectivity index (χ2v) is 8.57. The fourth-order valence-electron chi connectivity index (χ4n) is 6.46. The molecule has 4 aliphatic carbocycles. The molecule has 3 fully saturated rings. The summed E-state index contributed by atoms with van der Waals surface area (Å²) >= 11 is 0. The Morgan fingerprint density at radius 3 is 2.86 bits per heavy atom. The van der Waals surface area contributed by atoms with E-state index < -0.39 is 19.0 Å². The van der Waals surface area contributed by atoms with E-state index in [1.54, 1.807) is 0 Å². The first-order chi connectivity index (χ1) is 11.2. The van der Waals surface area contributed by atoms with Gasteiger partial charge >= 0.3 is 0 Å². The van der Waals surface area contributed by atoms with Crippen LogP contribution in [0.4, 0.5) is 4.39 Å². The highest BCUT2D eigenvalue weighted by Crippen LogP contribution is 2.66. The first-order valence-corrected chi connectivity index (χ1v) is 8.80. The van der Waals surface area contributed by atoms with Crippen molar-refractivity contribution in [1.82, 2.24) is 0 Å². The summed E-state index contributed by atoms with van der Waals surface area (Å²) in [7, 11) is 0. The Hall–Kier alpha value is -0.790. The fourth-order valence-corrected chi connectivity index (χ4v) is 6.46. The Bertz CT molecular complexity index is 617. The van der Waals surface area contributed by atoms with Crippen LogP contribution in [0.5, 0.6) is 0 Å². The van der Waals surface area contributed by atoms with Crippen molar-refractivity contribution >= 4 is 0 Å². The third-order valence-corrected chi connectivity index (χ3v) is 7.40. The number of rotatable bonds is 0. The highest BCUT2D eigenvalue weighted by Gasteiger charge is 2.59. The molecule has 0 aliphatic heterocycles. The molecule has 1 nitrogen and oxygen atoms in total. The van der Waals surface area contributed by atoms with Gasteiger partial charge < -0.3 is 5.11 Å². The molecule has 0 bridgehead atoms. The molecule has 2 unspecified atom stereocenters. The molecule has 4 rings (SSSR count). The van der Waals surface area contributed by atoms with Crippen LogP contribution >= 0.6 is 0 Å². The Kier molecular flexibility index (Phi) is 2.64. The van der Waals surface area contributed by atoms with Crippen molar-refractivity contribution in [3.05, 3.63) is 23.5 Å². The number of fused-ring (bicyclic) bond motifs is 5. The predicted molar refractivity (Wildman–Crippen MR) is 87.3 cm³/mol. The summed E-state index contributed by atoms with van der Waals surface area (Å²) < 4.78 is 30.8. The van der Waals surface area contributed by atoms with Gasteiger partial charge in [0.1, 0.15) is 6.17 Å². The van der Waals surface area contributed by atoms with Gasteiger partial charge in [-0.15, -0.1) is 0 Å². The van der Waals surface area contributed by atoms with E-state index in [2.05, 4.69) is 20.4 Å². The third kappa shape index (κ3) is 1.82. The summed E-state index contributed by atoms with van der Waals surface area (Å²) in [5.74, 6) is 1.27. The van der Waals surface area contributed by atoms with Gasteiger partial charge in [0.2, 0.25) is 0 Å². The zero-order valence-electron chi connectivity index (χ0n) is 15.7. The number of hydrogen-bond donors (Lipinski definition) is 1. The van der Waals surface area contributed by atoms with Crippen molar-refractivity contribution in [2.24, 2.45) is 28.6 Å². The molecule has 0 heterocycles. The quantitative estimate of drug-likeness (QED) is 0.606. The van der Waals surface area contributed by atoms with E-state index in [-0.39, 0.29) is 22.5 Å². The van der Waals surface area contributed by atoms with Crippen LogP contribution in [-0.4, -0.2) is 11.3 Å². The molecule has 122 valence electrons. The summed E-state index contributed by atoms with van der Waals surface area (Å²) in [4.78, 5) is 0. The van der Waals surface area contributed by atoms with E-state index in [4.69, 9.17) is 2.74 Å². The van der Waals surface area contributed by atoms with Crippen LogP contribution in [-0.2, 0) is 0 Å². The van der Waals surface area contributed by atoms with E-state index >= 15 is 0 Å². The van der Waals surface area contributed by atoms with Crippen molar-refractivity contribution in [1.29, 1.82) is 0 Å². The zero-order valence-corrected chi connectivity index (χ0v) is 13.7. The molecule has 1 N–H and O–H groups in total. The molecule has 0 spiro atoms. The van der Waals surface area contributed by atoms with Crippen LogP contribution in [0.2, 0.25) is 0 Å². The summed E-state index contributed by atoms with van der Waals surface area (Å²) in [6.07, 6.45) is 2.71. The SMILES string of the molecule is [2H]C1CC[C@@]2(C)C(=C1O)C(=C)C[C@@H]1[C@@H]2CC[C@]2(C)C([2H])[C@H](F)C[C@@H]12. The first-order valence-electron chi connectivity index (χ1n) is 9.96. The average Bonchev–Trinajstić information content (AvgIpc) is 2.75. The number of allylic oxidation sites excluding steroid dienone is 3. The highest BCUT2D eigenvalue weighted by atomic mass is 19.1. The normalized spacial score (nSPS) is 59.3. The van der Waals surface area contributed by atoms with Gasteiger partial charge in [0.15, 0.2) is 0 Å². The predicted octanol–water partition coefficient (Wildman–Crippen LogP) is 5.73. The van der Waals surface area contributed by atoms with Gasteiger partial charge in [-0.3, -0.25) is 0 Å². The summed E-state index contributed by atoms with van der Waals surface area (Å²) in [6, 6.07) is 0. The van der Waals surface area contributed by atoms with Gasteiger partial charge in [0.05, 0.1) is 5.76 Å². The van der Waals surface area contributed by atoms with Crippen LogP contribution in [0.15, 0.2) is 23.5 Å². The molecule has 0 saturated heterocycles. The molecule has 3 saturated carbocycles. The monoisotopic (exact) mass is 306 g/mol. The largest absolute Gasteiger partial charge is 0.512 e. The maximum Gasteiger partial charge on any atom is 0.101 e. The van der Waals surface area contributed by atoms with Crippen LogP contribution in [0.1, 0.15) is 67.9 Å². The highest BCUT2D eigenvalue weighted by molar-refractivity contribution is 5.42. The molecular weight excluding hydrogens is 275 g/mol. The lowest BCUT2D eigenvalue weighted by atomic mass is 9.47. The van der Waals surface area contributed by atoms with Crippen LogP contribution in [0.3, 0.4) is 0 Å². The lowest BCUT2D eigenvalue weighted by Crippen LogP contribution is -2.49. The molecule has 8 atom stereocenters. The van der Waals surface area contributed by atoms with Crippen LogP contribution < -0.4 is 0 Å². The van der Waals surface area contributed by atoms with Gasteiger partial charge in [0.25, 0.3) is 0 Å². The molecule has 0 radical (unpaired) electrons. The van der Waals surface area contributed by atoms with Crippen LogP contribution in [0.25, 0.3) is 0 Å². The number of alkyl halides is 1. The Morgan fingerprint density at radius 2 is 2.09 bits per heavy atom. The van der Waals surface area contributed by atoms with E-state index in [9.17, 15) is 9.50 Å². The van der Waals surface area contributed by atoms with Crippen molar-refractivity contribution in [2.75, 3.05) is 0 Å². The standard InChI is InChI=1S/C20H29FO/c1-12-9-14-15(20(3)7-4-5-17(22)18(12)20)6-8-19(2)11-13(21)10-16(14)19/h13-16,22H,1,4-11H2,2-3H3/t13-,14-,15+,16+,19-,20-/m1/s1/i5D,11D/t5?,11?,13-,14-,15+,16+,19-,20-. The maximum atomic E-state index is 14.4. The zero-order chi connectivity index (χ0) is 17.4. The molecule has 22 heavy (non-hydrogen) atoms. The van der Waals surface area contributed by atoms with Crippen molar-refractivity contribution < 1.29 is 12.2 Å². The van der Waals surface area contributed by atoms with Crippen molar-refractivity contribution in [3.63, 3.8) is 0 Å². The lowest BCUT2D eigenvalue weighted by Gasteiger charge is -2.58. The molecule has 2 heteroatoms. The van der Waals surface area contributed by atoms with Gasteiger partial charge in [-0.25, -0.2) is 4.39 Å². The molecule has 0 amide bonds. The summed E-state index contributed by atoms with van der Waals surface area (Å²) in [5.41, 5.74) is 1.55. The fraction of sp³-hybridized carbons (Fsp3) is 0.800. The minimum atomic E-state index is -1.01. The Labute approximate surface area is 136 Å². The van der Waals surface area contributed by atoms with Crippen molar-refractivity contribution in [2.45, 2.75) is 71.3 Å². The maximum absolute atomic E-state index is 14.4. The smallest absolute Gasteiger partial charge is 0.101 e. The molecular formula is C20H29FO. The van der Waals surface area contributed by atoms with Gasteiger partial charge in [-0.1, -0.05) is 20.4 Å². The molecule has 0 aromatic carbocycles. The average molecular weight is 306 g/mol. The number of halogens is 1. The van der Waals surface area contributed by atoms with E-state index in [1.807, 2.05) is 0 Å². The van der Waals surface area contributed by atoms with E-state index in [1.165, 1.54) is 0 Å². The summed E-state index contributed by atoms with van der Waals surface area (Å²) in [6.45, 7) is 8.61. The molecule has 0 aromatic heterocycles. The van der Waals surface area contributed by atoms with Gasteiger partial charge in [-0.2, -0.15) is 0 Å².